The maximum Gasteiger partial charge on any atom is 0.224 e. The smallest absolute Gasteiger partial charge is 0.224 e. The summed E-state index contributed by atoms with van der Waals surface area (Å²) >= 11 is 0. The molecule has 0 bridgehead atoms. The Morgan fingerprint density at radius 1 is 1.22 bits per heavy atom. The lowest BCUT2D eigenvalue weighted by atomic mass is 10.1. The van der Waals surface area contributed by atoms with E-state index >= 15 is 0 Å². The van der Waals surface area contributed by atoms with Gasteiger partial charge in [0.1, 0.15) is 0 Å². The van der Waals surface area contributed by atoms with Crippen molar-refractivity contribution in [1.29, 1.82) is 5.41 Å². The average molecular weight is 307 g/mol. The van der Waals surface area contributed by atoms with Crippen LogP contribution in [0.2, 0.25) is 0 Å². The first-order chi connectivity index (χ1) is 11.1. The summed E-state index contributed by atoms with van der Waals surface area (Å²) in [7, 11) is 0. The molecule has 0 unspecified atom stereocenters. The highest BCUT2D eigenvalue weighted by atomic mass is 16.1. The molecule has 0 radical (unpaired) electrons. The second-order valence-corrected chi connectivity index (χ2v) is 5.38. The second kappa shape index (κ2) is 7.94. The number of aryl methyl sites for hydroxylation is 2. The summed E-state index contributed by atoms with van der Waals surface area (Å²) in [5.74, 6) is -0.0131. The summed E-state index contributed by atoms with van der Waals surface area (Å²) in [5, 5.41) is 10.2. The van der Waals surface area contributed by atoms with Crippen LogP contribution < -0.4 is 11.1 Å². The van der Waals surface area contributed by atoms with Gasteiger partial charge >= 0.3 is 0 Å². The fraction of sp³-hybridized carbons (Fsp3) is 0.158. The summed E-state index contributed by atoms with van der Waals surface area (Å²) in [6.45, 7) is 2.05. The standard InChI is InChI=1S/C19H21N3O/c1-14-3-2-4-15(11-14)5-10-19(23)22-18-8-6-16(7-9-18)17(12-20)13-21/h2-4,6-9,11-13,20H,5,10,21H2,1H3,(H,22,23)/b17-13+,20-12?. The first-order valence-electron chi connectivity index (χ1n) is 7.50. The summed E-state index contributed by atoms with van der Waals surface area (Å²) in [6, 6.07) is 15.5. The fourth-order valence-electron chi connectivity index (χ4n) is 2.32. The normalized spacial score (nSPS) is 11.1. The highest BCUT2D eigenvalue weighted by Crippen LogP contribution is 2.16. The van der Waals surface area contributed by atoms with Crippen LogP contribution in [-0.2, 0) is 11.2 Å². The molecule has 23 heavy (non-hydrogen) atoms. The van der Waals surface area contributed by atoms with Gasteiger partial charge in [0, 0.05) is 30.1 Å². The van der Waals surface area contributed by atoms with Gasteiger partial charge < -0.3 is 16.5 Å². The Bertz CT molecular complexity index is 718. The zero-order valence-corrected chi connectivity index (χ0v) is 13.2. The molecule has 0 heterocycles. The Morgan fingerprint density at radius 3 is 2.57 bits per heavy atom. The van der Waals surface area contributed by atoms with Crippen molar-refractivity contribution in [2.24, 2.45) is 5.73 Å². The van der Waals surface area contributed by atoms with Crippen molar-refractivity contribution in [3.8, 4) is 0 Å². The lowest BCUT2D eigenvalue weighted by Gasteiger charge is -2.07. The number of nitrogens with one attached hydrogen (secondary N) is 2. The highest BCUT2D eigenvalue weighted by Gasteiger charge is 2.04. The summed E-state index contributed by atoms with van der Waals surface area (Å²) in [4.78, 5) is 12.0. The number of hydrogen-bond donors (Lipinski definition) is 3. The Morgan fingerprint density at radius 2 is 1.96 bits per heavy atom. The molecule has 0 aliphatic heterocycles. The molecule has 0 saturated carbocycles. The van der Waals surface area contributed by atoms with Crippen molar-refractivity contribution >= 4 is 23.4 Å². The van der Waals surface area contributed by atoms with Gasteiger partial charge in [-0.15, -0.1) is 0 Å². The molecule has 0 aliphatic carbocycles. The SMILES string of the molecule is Cc1cccc(CCC(=O)Nc2ccc(/C(C=N)=C/N)cc2)c1. The lowest BCUT2D eigenvalue weighted by molar-refractivity contribution is -0.116. The molecule has 0 fully saturated rings. The number of nitrogens with two attached hydrogens (primary N) is 1. The zero-order valence-electron chi connectivity index (χ0n) is 13.2. The van der Waals surface area contributed by atoms with E-state index in [9.17, 15) is 4.79 Å². The second-order valence-electron chi connectivity index (χ2n) is 5.38. The minimum Gasteiger partial charge on any atom is -0.404 e. The molecule has 4 N–H and O–H groups in total. The molecular weight excluding hydrogens is 286 g/mol. The van der Waals surface area contributed by atoms with Crippen LogP contribution in [0, 0.1) is 12.3 Å². The minimum atomic E-state index is -0.0131. The molecule has 1 amide bonds. The third kappa shape index (κ3) is 4.81. The van der Waals surface area contributed by atoms with Crippen molar-refractivity contribution in [3.05, 3.63) is 71.4 Å². The van der Waals surface area contributed by atoms with E-state index in [2.05, 4.69) is 11.4 Å². The molecule has 0 spiro atoms. The van der Waals surface area contributed by atoms with Crippen LogP contribution >= 0.6 is 0 Å². The lowest BCUT2D eigenvalue weighted by Crippen LogP contribution is -2.12. The molecule has 2 aromatic rings. The molecule has 0 atom stereocenters. The summed E-state index contributed by atoms with van der Waals surface area (Å²) in [6.07, 6.45) is 3.76. The predicted molar refractivity (Wildman–Crippen MR) is 95.5 cm³/mol. The Balaban J connectivity index is 1.91. The van der Waals surface area contributed by atoms with E-state index in [1.54, 1.807) is 0 Å². The molecule has 0 saturated heterocycles. The minimum absolute atomic E-state index is 0.0131. The van der Waals surface area contributed by atoms with Gasteiger partial charge in [-0.3, -0.25) is 4.79 Å². The number of anilines is 1. The highest BCUT2D eigenvalue weighted by molar-refractivity contribution is 6.08. The number of rotatable bonds is 6. The predicted octanol–water partition coefficient (Wildman–Crippen LogP) is 3.52. The van der Waals surface area contributed by atoms with Crippen molar-refractivity contribution in [2.45, 2.75) is 19.8 Å². The first-order valence-corrected chi connectivity index (χ1v) is 7.50. The zero-order chi connectivity index (χ0) is 16.7. The van der Waals surface area contributed by atoms with Gasteiger partial charge in [0.05, 0.1) is 0 Å². The van der Waals surface area contributed by atoms with Crippen molar-refractivity contribution in [2.75, 3.05) is 5.32 Å². The van der Waals surface area contributed by atoms with Gasteiger partial charge in [0.15, 0.2) is 0 Å². The number of carbonyl (C=O) groups is 1. The molecule has 0 aliphatic rings. The topological polar surface area (TPSA) is 79.0 Å². The molecular formula is C19H21N3O. The maximum atomic E-state index is 12.0. The van der Waals surface area contributed by atoms with E-state index in [0.29, 0.717) is 12.0 Å². The number of hydrogen-bond acceptors (Lipinski definition) is 3. The Hall–Kier alpha value is -2.88. The van der Waals surface area contributed by atoms with E-state index in [0.717, 1.165) is 17.7 Å². The van der Waals surface area contributed by atoms with Gasteiger partial charge in [-0.2, -0.15) is 0 Å². The van der Waals surface area contributed by atoms with Crippen molar-refractivity contribution in [3.63, 3.8) is 0 Å². The van der Waals surface area contributed by atoms with Crippen LogP contribution in [0.4, 0.5) is 5.69 Å². The Labute approximate surface area is 136 Å². The fourth-order valence-corrected chi connectivity index (χ4v) is 2.32. The van der Waals surface area contributed by atoms with Gasteiger partial charge in [-0.25, -0.2) is 0 Å². The molecule has 118 valence electrons. The molecule has 2 rings (SSSR count). The first kappa shape index (κ1) is 16.5. The summed E-state index contributed by atoms with van der Waals surface area (Å²) in [5.41, 5.74) is 10.1. The number of allylic oxidation sites excluding steroid dienone is 1. The summed E-state index contributed by atoms with van der Waals surface area (Å²) < 4.78 is 0. The van der Waals surface area contributed by atoms with E-state index < -0.39 is 0 Å². The van der Waals surface area contributed by atoms with Gasteiger partial charge in [-0.05, 0) is 36.6 Å². The van der Waals surface area contributed by atoms with E-state index in [4.69, 9.17) is 11.1 Å². The van der Waals surface area contributed by atoms with Crippen LogP contribution in [0.25, 0.3) is 5.57 Å². The monoisotopic (exact) mass is 307 g/mol. The third-order valence-corrected chi connectivity index (χ3v) is 3.56. The number of benzene rings is 2. The van der Waals surface area contributed by atoms with Crippen LogP contribution in [-0.4, -0.2) is 12.1 Å². The van der Waals surface area contributed by atoms with Crippen LogP contribution in [0.5, 0.6) is 0 Å². The number of carbonyl (C=O) groups excluding carboxylic acids is 1. The van der Waals surface area contributed by atoms with Gasteiger partial charge in [-0.1, -0.05) is 42.0 Å². The molecule has 0 aromatic heterocycles. The van der Waals surface area contributed by atoms with Crippen LogP contribution in [0.3, 0.4) is 0 Å². The third-order valence-electron chi connectivity index (χ3n) is 3.56. The molecule has 4 nitrogen and oxygen atoms in total. The van der Waals surface area contributed by atoms with Crippen LogP contribution in [0.1, 0.15) is 23.1 Å². The van der Waals surface area contributed by atoms with Gasteiger partial charge in [0.25, 0.3) is 0 Å². The van der Waals surface area contributed by atoms with E-state index in [1.165, 1.54) is 23.5 Å². The van der Waals surface area contributed by atoms with Crippen LogP contribution in [0.15, 0.2) is 54.7 Å². The molecule has 2 aromatic carbocycles. The average Bonchev–Trinajstić information content (AvgIpc) is 2.56. The van der Waals surface area contributed by atoms with E-state index in [1.807, 2.05) is 49.4 Å². The van der Waals surface area contributed by atoms with Crippen molar-refractivity contribution < 1.29 is 4.79 Å². The van der Waals surface area contributed by atoms with Crippen molar-refractivity contribution in [1.82, 2.24) is 0 Å². The van der Waals surface area contributed by atoms with E-state index in [-0.39, 0.29) is 5.91 Å². The Kier molecular flexibility index (Phi) is 5.69. The van der Waals surface area contributed by atoms with Gasteiger partial charge in [0.2, 0.25) is 5.91 Å². The maximum absolute atomic E-state index is 12.0. The molecule has 4 heteroatoms. The largest absolute Gasteiger partial charge is 0.404 e. The number of amides is 1. The quantitative estimate of drug-likeness (QED) is 0.714.